The van der Waals surface area contributed by atoms with Gasteiger partial charge in [-0.25, -0.2) is 4.98 Å². The van der Waals surface area contributed by atoms with Crippen LogP contribution in [0.1, 0.15) is 45.3 Å². The van der Waals surface area contributed by atoms with Crippen LogP contribution in [0.3, 0.4) is 0 Å². The number of aromatic nitrogens is 2. The highest BCUT2D eigenvalue weighted by molar-refractivity contribution is 5.03. The van der Waals surface area contributed by atoms with Crippen molar-refractivity contribution in [3.63, 3.8) is 0 Å². The average Bonchev–Trinajstić information content (AvgIpc) is 2.64. The molecule has 0 aliphatic carbocycles. The number of nitrogens with zero attached hydrogens (tertiary/aromatic N) is 2. The first-order chi connectivity index (χ1) is 7.56. The molecule has 1 aromatic rings. The molecule has 0 amide bonds. The molecule has 1 saturated heterocycles. The van der Waals surface area contributed by atoms with Crippen molar-refractivity contribution in [2.45, 2.75) is 46.1 Å². The van der Waals surface area contributed by atoms with Gasteiger partial charge in [-0.15, -0.1) is 0 Å². The van der Waals surface area contributed by atoms with Crippen molar-refractivity contribution in [1.82, 2.24) is 14.9 Å². The van der Waals surface area contributed by atoms with Gasteiger partial charge in [-0.2, -0.15) is 0 Å². The van der Waals surface area contributed by atoms with Gasteiger partial charge in [0.15, 0.2) is 0 Å². The first-order valence-corrected chi connectivity index (χ1v) is 6.28. The third-order valence-electron chi connectivity index (χ3n) is 3.16. The van der Waals surface area contributed by atoms with Crippen LogP contribution >= 0.6 is 0 Å². The Morgan fingerprint density at radius 2 is 2.06 bits per heavy atom. The first kappa shape index (κ1) is 11.6. The lowest BCUT2D eigenvalue weighted by atomic mass is 9.90. The standard InChI is InChI=1S/C13H23N3/c1-13(2,3)8-12-9-15-10-16(12)11-4-6-14-7-5-11/h9-11,14H,4-8H2,1-3H3. The maximum Gasteiger partial charge on any atom is 0.0950 e. The SMILES string of the molecule is CC(C)(C)Cc1cncn1C1CCNCC1. The summed E-state index contributed by atoms with van der Waals surface area (Å²) in [4.78, 5) is 4.32. The normalized spacial score (nSPS) is 18.9. The van der Waals surface area contributed by atoms with E-state index >= 15 is 0 Å². The van der Waals surface area contributed by atoms with Gasteiger partial charge in [-0.1, -0.05) is 20.8 Å². The minimum absolute atomic E-state index is 0.338. The van der Waals surface area contributed by atoms with E-state index in [1.54, 1.807) is 0 Å². The molecule has 16 heavy (non-hydrogen) atoms. The molecule has 1 fully saturated rings. The number of hydrogen-bond donors (Lipinski definition) is 1. The summed E-state index contributed by atoms with van der Waals surface area (Å²) in [5.74, 6) is 0. The fourth-order valence-electron chi connectivity index (χ4n) is 2.43. The third kappa shape index (κ3) is 2.85. The molecule has 3 nitrogen and oxygen atoms in total. The lowest BCUT2D eigenvalue weighted by Crippen LogP contribution is -2.30. The zero-order valence-electron chi connectivity index (χ0n) is 10.7. The zero-order chi connectivity index (χ0) is 11.6. The molecule has 90 valence electrons. The smallest absolute Gasteiger partial charge is 0.0950 e. The molecule has 2 rings (SSSR count). The summed E-state index contributed by atoms with van der Waals surface area (Å²) in [5.41, 5.74) is 1.73. The van der Waals surface area contributed by atoms with Gasteiger partial charge in [0.2, 0.25) is 0 Å². The molecule has 1 aliphatic rings. The van der Waals surface area contributed by atoms with Gasteiger partial charge in [0.25, 0.3) is 0 Å². The lowest BCUT2D eigenvalue weighted by Gasteiger charge is -2.27. The van der Waals surface area contributed by atoms with E-state index in [1.807, 2.05) is 12.5 Å². The van der Waals surface area contributed by atoms with Crippen LogP contribution in [-0.4, -0.2) is 22.6 Å². The maximum absolute atomic E-state index is 4.32. The predicted molar refractivity (Wildman–Crippen MR) is 66.5 cm³/mol. The number of nitrogens with one attached hydrogen (secondary N) is 1. The lowest BCUT2D eigenvalue weighted by molar-refractivity contribution is 0.340. The number of rotatable bonds is 2. The third-order valence-corrected chi connectivity index (χ3v) is 3.16. The summed E-state index contributed by atoms with van der Waals surface area (Å²) in [5, 5.41) is 3.41. The van der Waals surface area contributed by atoms with Gasteiger partial charge >= 0.3 is 0 Å². The molecule has 0 radical (unpaired) electrons. The summed E-state index contributed by atoms with van der Waals surface area (Å²) in [7, 11) is 0. The monoisotopic (exact) mass is 221 g/mol. The van der Waals surface area contributed by atoms with Gasteiger partial charge in [0, 0.05) is 17.9 Å². The Kier molecular flexibility index (Phi) is 3.33. The summed E-state index contributed by atoms with van der Waals surface area (Å²) in [6.07, 6.45) is 7.61. The second-order valence-electron chi connectivity index (χ2n) is 6.01. The molecular weight excluding hydrogens is 198 g/mol. The molecule has 0 aromatic carbocycles. The van der Waals surface area contributed by atoms with E-state index in [4.69, 9.17) is 0 Å². The summed E-state index contributed by atoms with van der Waals surface area (Å²) >= 11 is 0. The first-order valence-electron chi connectivity index (χ1n) is 6.28. The van der Waals surface area contributed by atoms with E-state index in [9.17, 15) is 0 Å². The van der Waals surface area contributed by atoms with Crippen LogP contribution in [0, 0.1) is 5.41 Å². The second-order valence-corrected chi connectivity index (χ2v) is 6.01. The Balaban J connectivity index is 2.11. The highest BCUT2D eigenvalue weighted by Gasteiger charge is 2.20. The van der Waals surface area contributed by atoms with Gasteiger partial charge in [0.1, 0.15) is 0 Å². The molecule has 0 atom stereocenters. The molecule has 1 N–H and O–H groups in total. The highest BCUT2D eigenvalue weighted by atomic mass is 15.1. The van der Waals surface area contributed by atoms with Crippen LogP contribution in [0.5, 0.6) is 0 Å². The van der Waals surface area contributed by atoms with Crippen molar-refractivity contribution in [3.05, 3.63) is 18.2 Å². The van der Waals surface area contributed by atoms with E-state index in [2.05, 4.69) is 35.6 Å². The summed E-state index contributed by atoms with van der Waals surface area (Å²) in [6.45, 7) is 9.13. The molecule has 0 unspecified atom stereocenters. The van der Waals surface area contributed by atoms with Crippen molar-refractivity contribution < 1.29 is 0 Å². The van der Waals surface area contributed by atoms with Crippen molar-refractivity contribution in [2.24, 2.45) is 5.41 Å². The number of hydrogen-bond acceptors (Lipinski definition) is 2. The molecule has 0 bridgehead atoms. The van der Waals surface area contributed by atoms with Crippen LogP contribution in [0.25, 0.3) is 0 Å². The number of imidazole rings is 1. The van der Waals surface area contributed by atoms with E-state index < -0.39 is 0 Å². The van der Waals surface area contributed by atoms with Crippen molar-refractivity contribution in [3.8, 4) is 0 Å². The Labute approximate surface area is 98.3 Å². The largest absolute Gasteiger partial charge is 0.331 e. The van der Waals surface area contributed by atoms with Crippen LogP contribution in [0.4, 0.5) is 0 Å². The van der Waals surface area contributed by atoms with E-state index in [-0.39, 0.29) is 0 Å². The summed E-state index contributed by atoms with van der Waals surface area (Å²) < 4.78 is 2.39. The molecule has 1 aliphatic heterocycles. The predicted octanol–water partition coefficient (Wildman–Crippen LogP) is 2.40. The van der Waals surface area contributed by atoms with Gasteiger partial charge in [-0.05, 0) is 37.8 Å². The Morgan fingerprint density at radius 3 is 2.69 bits per heavy atom. The maximum atomic E-state index is 4.32. The van der Waals surface area contributed by atoms with Crippen molar-refractivity contribution in [2.75, 3.05) is 13.1 Å². The summed E-state index contributed by atoms with van der Waals surface area (Å²) in [6, 6.07) is 0.654. The topological polar surface area (TPSA) is 29.9 Å². The van der Waals surface area contributed by atoms with Crippen LogP contribution in [0.2, 0.25) is 0 Å². The van der Waals surface area contributed by atoms with Crippen molar-refractivity contribution in [1.29, 1.82) is 0 Å². The minimum atomic E-state index is 0.338. The second kappa shape index (κ2) is 4.58. The molecule has 1 aromatic heterocycles. The highest BCUT2D eigenvalue weighted by Crippen LogP contribution is 2.25. The fourth-order valence-corrected chi connectivity index (χ4v) is 2.43. The molecule has 3 heteroatoms. The van der Waals surface area contributed by atoms with Crippen LogP contribution in [0.15, 0.2) is 12.5 Å². The molecule has 0 saturated carbocycles. The van der Waals surface area contributed by atoms with E-state index in [0.29, 0.717) is 11.5 Å². The quantitative estimate of drug-likeness (QED) is 0.831. The van der Waals surface area contributed by atoms with Crippen LogP contribution < -0.4 is 5.32 Å². The average molecular weight is 221 g/mol. The Hall–Kier alpha value is -0.830. The minimum Gasteiger partial charge on any atom is -0.331 e. The fraction of sp³-hybridized carbons (Fsp3) is 0.769. The Morgan fingerprint density at radius 1 is 1.38 bits per heavy atom. The molecule has 2 heterocycles. The van der Waals surface area contributed by atoms with Gasteiger partial charge < -0.3 is 9.88 Å². The van der Waals surface area contributed by atoms with Crippen molar-refractivity contribution >= 4 is 0 Å². The Bertz CT molecular complexity index is 329. The zero-order valence-corrected chi connectivity index (χ0v) is 10.7. The van der Waals surface area contributed by atoms with E-state index in [0.717, 1.165) is 19.5 Å². The molecular formula is C13H23N3. The molecule has 0 spiro atoms. The van der Waals surface area contributed by atoms with E-state index in [1.165, 1.54) is 18.5 Å². The van der Waals surface area contributed by atoms with Gasteiger partial charge in [-0.3, -0.25) is 0 Å². The van der Waals surface area contributed by atoms with Gasteiger partial charge in [0.05, 0.1) is 6.33 Å². The van der Waals surface area contributed by atoms with Crippen LogP contribution in [-0.2, 0) is 6.42 Å². The number of piperidine rings is 1.